The van der Waals surface area contributed by atoms with E-state index in [1.165, 1.54) is 0 Å². The Labute approximate surface area is 142 Å². The summed E-state index contributed by atoms with van der Waals surface area (Å²) >= 11 is 4.86. The summed E-state index contributed by atoms with van der Waals surface area (Å²) in [4.78, 5) is 12.0. The van der Waals surface area contributed by atoms with Crippen molar-refractivity contribution in [2.45, 2.75) is 0 Å². The van der Waals surface area contributed by atoms with Gasteiger partial charge >= 0.3 is 0 Å². The highest BCUT2D eigenvalue weighted by Gasteiger charge is 2.11. The van der Waals surface area contributed by atoms with Gasteiger partial charge < -0.3 is 10.1 Å². The number of thiocarbonyl (C=S) groups is 1. The van der Waals surface area contributed by atoms with Crippen LogP contribution >= 0.6 is 12.2 Å². The summed E-state index contributed by atoms with van der Waals surface area (Å²) in [5, 5.41) is 11.2. The van der Waals surface area contributed by atoms with Crippen LogP contribution in [0.15, 0.2) is 42.5 Å². The fraction of sp³-hybridized carbons (Fsp3) is 0.125. The van der Waals surface area contributed by atoms with Crippen molar-refractivity contribution in [1.82, 2.24) is 10.8 Å². The molecule has 2 rings (SSSR count). The summed E-state index contributed by atoms with van der Waals surface area (Å²) in [6, 6.07) is 9.37. The fourth-order valence-corrected chi connectivity index (χ4v) is 2.01. The first-order valence-electron chi connectivity index (χ1n) is 6.92. The minimum atomic E-state index is -0.919. The molecule has 8 heteroatoms. The number of carbonyl (C=O) groups excluding carboxylic acids is 1. The molecule has 126 valence electrons. The molecule has 0 heterocycles. The van der Waals surface area contributed by atoms with Crippen LogP contribution in [-0.2, 0) is 0 Å². The van der Waals surface area contributed by atoms with Gasteiger partial charge in [-0.1, -0.05) is 12.2 Å². The van der Waals surface area contributed by atoms with Crippen molar-refractivity contribution in [2.75, 3.05) is 13.2 Å². The standard InChI is InChI=1S/C16H14F2N2O3S/c17-11-3-6-13(14(18)9-11)15(21)19-7-8-23-12-4-1-10(2-5-12)16(24)20-22/h1-6,9,22H,7-8H2,(H,19,21)(H,20,24). The van der Waals surface area contributed by atoms with Crippen LogP contribution < -0.4 is 15.5 Å². The largest absolute Gasteiger partial charge is 0.492 e. The van der Waals surface area contributed by atoms with Crippen molar-refractivity contribution < 1.29 is 23.5 Å². The van der Waals surface area contributed by atoms with Gasteiger partial charge in [-0.25, -0.2) is 8.78 Å². The molecule has 0 unspecified atom stereocenters. The van der Waals surface area contributed by atoms with E-state index in [0.717, 1.165) is 12.1 Å². The van der Waals surface area contributed by atoms with Gasteiger partial charge in [0, 0.05) is 11.6 Å². The lowest BCUT2D eigenvalue weighted by molar-refractivity contribution is 0.0943. The SMILES string of the molecule is O=C(NCCOc1ccc(C(=S)NO)cc1)c1ccc(F)cc1F. The molecule has 0 spiro atoms. The Kier molecular flexibility index (Phi) is 6.16. The second-order valence-corrected chi connectivity index (χ2v) is 5.10. The number of hydrogen-bond donors (Lipinski definition) is 3. The Morgan fingerprint density at radius 1 is 1.17 bits per heavy atom. The zero-order valence-corrected chi connectivity index (χ0v) is 13.2. The molecule has 0 saturated carbocycles. The van der Waals surface area contributed by atoms with Gasteiger partial charge in [0.15, 0.2) is 0 Å². The Hall–Kier alpha value is -2.58. The van der Waals surface area contributed by atoms with Gasteiger partial charge in [0.1, 0.15) is 29.0 Å². The molecule has 0 bridgehead atoms. The average Bonchev–Trinajstić information content (AvgIpc) is 2.58. The summed E-state index contributed by atoms with van der Waals surface area (Å²) in [6.07, 6.45) is 0. The zero-order chi connectivity index (χ0) is 17.5. The molecule has 2 aromatic rings. The van der Waals surface area contributed by atoms with Crippen molar-refractivity contribution in [3.63, 3.8) is 0 Å². The lowest BCUT2D eigenvalue weighted by Gasteiger charge is -2.09. The van der Waals surface area contributed by atoms with E-state index in [2.05, 4.69) is 5.32 Å². The van der Waals surface area contributed by atoms with Crippen molar-refractivity contribution in [3.8, 4) is 5.75 Å². The van der Waals surface area contributed by atoms with Crippen LogP contribution in [0, 0.1) is 11.6 Å². The van der Waals surface area contributed by atoms with Crippen molar-refractivity contribution in [1.29, 1.82) is 0 Å². The minimum absolute atomic E-state index is 0.147. The lowest BCUT2D eigenvalue weighted by atomic mass is 10.2. The van der Waals surface area contributed by atoms with E-state index >= 15 is 0 Å². The molecule has 5 nitrogen and oxygen atoms in total. The second kappa shape index (κ2) is 8.32. The zero-order valence-electron chi connectivity index (χ0n) is 12.4. The third kappa shape index (κ3) is 4.71. The molecule has 0 fully saturated rings. The summed E-state index contributed by atoms with van der Waals surface area (Å²) in [5.41, 5.74) is 2.27. The maximum absolute atomic E-state index is 13.4. The van der Waals surface area contributed by atoms with E-state index in [0.29, 0.717) is 17.4 Å². The normalized spacial score (nSPS) is 10.1. The van der Waals surface area contributed by atoms with Crippen LogP contribution in [-0.4, -0.2) is 29.3 Å². The van der Waals surface area contributed by atoms with Crippen LogP contribution in [0.4, 0.5) is 8.78 Å². The lowest BCUT2D eigenvalue weighted by Crippen LogP contribution is -2.28. The van der Waals surface area contributed by atoms with Gasteiger partial charge in [0.05, 0.1) is 12.1 Å². The summed E-state index contributed by atoms with van der Waals surface area (Å²) in [5.74, 6) is -1.77. The quantitative estimate of drug-likeness (QED) is 0.423. The highest BCUT2D eigenvalue weighted by atomic mass is 32.1. The van der Waals surface area contributed by atoms with Gasteiger partial charge in [0.2, 0.25) is 0 Å². The van der Waals surface area contributed by atoms with Crippen molar-refractivity contribution in [2.24, 2.45) is 0 Å². The topological polar surface area (TPSA) is 70.6 Å². The van der Waals surface area contributed by atoms with E-state index < -0.39 is 17.5 Å². The van der Waals surface area contributed by atoms with Crippen LogP contribution in [0.25, 0.3) is 0 Å². The molecule has 0 aliphatic carbocycles. The summed E-state index contributed by atoms with van der Waals surface area (Å²) in [7, 11) is 0. The van der Waals surface area contributed by atoms with Gasteiger partial charge in [-0.2, -0.15) is 0 Å². The number of benzene rings is 2. The Bertz CT molecular complexity index is 739. The first-order chi connectivity index (χ1) is 11.5. The van der Waals surface area contributed by atoms with Gasteiger partial charge in [-0.3, -0.25) is 15.5 Å². The summed E-state index contributed by atoms with van der Waals surface area (Å²) in [6.45, 7) is 0.310. The maximum atomic E-state index is 13.4. The van der Waals surface area contributed by atoms with Crippen LogP contribution in [0.5, 0.6) is 5.75 Å². The third-order valence-electron chi connectivity index (χ3n) is 3.05. The number of carbonyl (C=O) groups is 1. The predicted molar refractivity (Wildman–Crippen MR) is 87.3 cm³/mol. The van der Waals surface area contributed by atoms with E-state index in [1.54, 1.807) is 24.3 Å². The second-order valence-electron chi connectivity index (χ2n) is 4.69. The van der Waals surface area contributed by atoms with Crippen LogP contribution in [0.1, 0.15) is 15.9 Å². The van der Waals surface area contributed by atoms with E-state index in [9.17, 15) is 13.6 Å². The van der Waals surface area contributed by atoms with Gasteiger partial charge in [-0.05, 0) is 36.4 Å². The molecule has 1 amide bonds. The highest BCUT2D eigenvalue weighted by Crippen LogP contribution is 2.12. The maximum Gasteiger partial charge on any atom is 0.254 e. The smallest absolute Gasteiger partial charge is 0.254 e. The number of hydrogen-bond acceptors (Lipinski definition) is 4. The number of nitrogens with one attached hydrogen (secondary N) is 2. The van der Waals surface area contributed by atoms with Gasteiger partial charge in [0.25, 0.3) is 5.91 Å². The first kappa shape index (κ1) is 17.8. The Balaban J connectivity index is 1.80. The van der Waals surface area contributed by atoms with E-state index in [4.69, 9.17) is 22.2 Å². The molecular formula is C16H14F2N2O3S. The molecule has 0 aliphatic rings. The van der Waals surface area contributed by atoms with Crippen LogP contribution in [0.2, 0.25) is 0 Å². The monoisotopic (exact) mass is 352 g/mol. The number of halogens is 2. The molecule has 0 radical (unpaired) electrons. The predicted octanol–water partition coefficient (Wildman–Crippen LogP) is 2.43. The van der Waals surface area contributed by atoms with Crippen LogP contribution in [0.3, 0.4) is 0 Å². The van der Waals surface area contributed by atoms with Crippen molar-refractivity contribution >= 4 is 23.1 Å². The average molecular weight is 352 g/mol. The van der Waals surface area contributed by atoms with E-state index in [-0.39, 0.29) is 23.7 Å². The highest BCUT2D eigenvalue weighted by molar-refractivity contribution is 7.80. The molecule has 2 aromatic carbocycles. The molecule has 0 aliphatic heterocycles. The molecule has 0 saturated heterocycles. The molecule has 3 N–H and O–H groups in total. The summed E-state index contributed by atoms with van der Waals surface area (Å²) < 4.78 is 31.6. The first-order valence-corrected chi connectivity index (χ1v) is 7.32. The fourth-order valence-electron chi connectivity index (χ4n) is 1.87. The molecule has 0 aromatic heterocycles. The number of ether oxygens (including phenoxy) is 1. The van der Waals surface area contributed by atoms with Gasteiger partial charge in [-0.15, -0.1) is 0 Å². The number of hydroxylamine groups is 1. The Morgan fingerprint density at radius 3 is 2.50 bits per heavy atom. The minimum Gasteiger partial charge on any atom is -0.492 e. The molecule has 0 atom stereocenters. The molecular weight excluding hydrogens is 338 g/mol. The molecule has 24 heavy (non-hydrogen) atoms. The Morgan fingerprint density at radius 2 is 1.88 bits per heavy atom. The third-order valence-corrected chi connectivity index (χ3v) is 3.38. The van der Waals surface area contributed by atoms with Crippen molar-refractivity contribution in [3.05, 3.63) is 65.2 Å². The number of amides is 1. The number of rotatable bonds is 6. The van der Waals surface area contributed by atoms with E-state index in [1.807, 2.05) is 5.48 Å².